The Labute approximate surface area is 178 Å². The first-order valence-corrected chi connectivity index (χ1v) is 10.4. The summed E-state index contributed by atoms with van der Waals surface area (Å²) in [6, 6.07) is 18.0. The molecule has 0 radical (unpaired) electrons. The van der Waals surface area contributed by atoms with Gasteiger partial charge in [-0.1, -0.05) is 56.3 Å². The number of halogens is 2. The molecule has 1 aromatic heterocycles. The van der Waals surface area contributed by atoms with E-state index in [0.29, 0.717) is 13.0 Å². The second-order valence-corrected chi connectivity index (χ2v) is 8.89. The van der Waals surface area contributed by atoms with Gasteiger partial charge in [-0.3, -0.25) is 4.79 Å². The smallest absolute Gasteiger partial charge is 0.182 e. The summed E-state index contributed by atoms with van der Waals surface area (Å²) in [7, 11) is 0. The second kappa shape index (κ2) is 7.71. The molecular formula is C24H22BrFN2O. The van der Waals surface area contributed by atoms with Crippen LogP contribution in [0.15, 0.2) is 65.3 Å². The van der Waals surface area contributed by atoms with Gasteiger partial charge in [0.1, 0.15) is 10.4 Å². The number of ketones is 1. The topological polar surface area (TPSA) is 33.2 Å². The van der Waals surface area contributed by atoms with Crippen LogP contribution < -0.4 is 4.90 Å². The number of nitrogens with zero attached hydrogens (tertiary/aromatic N) is 2. The maximum absolute atomic E-state index is 13.2. The highest BCUT2D eigenvalue weighted by molar-refractivity contribution is 9.10. The van der Waals surface area contributed by atoms with Gasteiger partial charge in [0.2, 0.25) is 0 Å². The van der Waals surface area contributed by atoms with E-state index < -0.39 is 0 Å². The average Bonchev–Trinajstić information content (AvgIpc) is 2.94. The van der Waals surface area contributed by atoms with Crippen molar-refractivity contribution >= 4 is 27.4 Å². The number of benzene rings is 2. The molecule has 0 aliphatic carbocycles. The third kappa shape index (κ3) is 4.10. The van der Waals surface area contributed by atoms with E-state index in [-0.39, 0.29) is 17.0 Å². The van der Waals surface area contributed by atoms with E-state index >= 15 is 0 Å². The van der Waals surface area contributed by atoms with Crippen molar-refractivity contribution in [2.24, 2.45) is 0 Å². The van der Waals surface area contributed by atoms with Gasteiger partial charge in [-0.15, -0.1) is 0 Å². The molecule has 2 heterocycles. The van der Waals surface area contributed by atoms with Crippen LogP contribution in [0.1, 0.15) is 41.0 Å². The molecule has 0 saturated carbocycles. The number of carbonyl (C=O) groups is 1. The number of carbonyl (C=O) groups excluding carboxylic acids is 1. The number of hydrogen-bond donors (Lipinski definition) is 0. The second-order valence-electron chi connectivity index (χ2n) is 8.14. The monoisotopic (exact) mass is 452 g/mol. The van der Waals surface area contributed by atoms with Crippen LogP contribution in [0.5, 0.6) is 0 Å². The SMILES string of the molecule is CC1(C)CN(CC(=O)c2ccccc2)c2cc(Cc3ccc(F)cc3)c(Br)nc21. The molecule has 0 saturated heterocycles. The molecule has 3 aromatic rings. The quantitative estimate of drug-likeness (QED) is 0.375. The lowest BCUT2D eigenvalue weighted by Crippen LogP contribution is -2.33. The standard InChI is InChI=1S/C24H22BrFN2O/c1-24(2)15-28(14-21(29)17-6-4-3-5-7-17)20-13-18(23(25)27-22(20)24)12-16-8-10-19(26)11-9-16/h3-11,13H,12,14-15H2,1-2H3. The number of pyridine rings is 1. The number of anilines is 1. The Balaban J connectivity index is 1.65. The van der Waals surface area contributed by atoms with Gasteiger partial charge < -0.3 is 4.90 Å². The number of Topliss-reactive ketones (excluding diaryl/α,β-unsaturated/α-hetero) is 1. The Bertz CT molecular complexity index is 1050. The van der Waals surface area contributed by atoms with Crippen molar-refractivity contribution in [1.82, 2.24) is 4.98 Å². The summed E-state index contributed by atoms with van der Waals surface area (Å²) < 4.78 is 14.0. The Kier molecular flexibility index (Phi) is 5.26. The van der Waals surface area contributed by atoms with Crippen molar-refractivity contribution in [3.8, 4) is 0 Å². The molecule has 29 heavy (non-hydrogen) atoms. The Morgan fingerprint density at radius 1 is 1.14 bits per heavy atom. The van der Waals surface area contributed by atoms with Crippen molar-refractivity contribution in [1.29, 1.82) is 0 Å². The minimum Gasteiger partial charge on any atom is -0.361 e. The van der Waals surface area contributed by atoms with Crippen LogP contribution in [-0.4, -0.2) is 23.9 Å². The van der Waals surface area contributed by atoms with Gasteiger partial charge in [0.15, 0.2) is 5.78 Å². The molecule has 1 aliphatic heterocycles. The van der Waals surface area contributed by atoms with E-state index in [9.17, 15) is 9.18 Å². The van der Waals surface area contributed by atoms with Crippen LogP contribution in [0.2, 0.25) is 0 Å². The van der Waals surface area contributed by atoms with Crippen LogP contribution in [0.4, 0.5) is 10.1 Å². The van der Waals surface area contributed by atoms with Gasteiger partial charge in [0.25, 0.3) is 0 Å². The largest absolute Gasteiger partial charge is 0.361 e. The summed E-state index contributed by atoms with van der Waals surface area (Å²) in [6.45, 7) is 5.36. The molecule has 4 rings (SSSR count). The molecule has 0 amide bonds. The fraction of sp³-hybridized carbons (Fsp3) is 0.250. The number of aromatic nitrogens is 1. The van der Waals surface area contributed by atoms with Crippen LogP contribution in [0.3, 0.4) is 0 Å². The molecule has 1 aliphatic rings. The Hall–Kier alpha value is -2.53. The van der Waals surface area contributed by atoms with Crippen LogP contribution >= 0.6 is 15.9 Å². The van der Waals surface area contributed by atoms with E-state index in [1.165, 1.54) is 12.1 Å². The Morgan fingerprint density at radius 3 is 2.52 bits per heavy atom. The molecule has 148 valence electrons. The van der Waals surface area contributed by atoms with Gasteiger partial charge in [0.05, 0.1) is 17.9 Å². The third-order valence-electron chi connectivity index (χ3n) is 5.33. The van der Waals surface area contributed by atoms with E-state index in [1.54, 1.807) is 12.1 Å². The molecule has 0 atom stereocenters. The predicted molar refractivity (Wildman–Crippen MR) is 117 cm³/mol. The van der Waals surface area contributed by atoms with Gasteiger partial charge in [0, 0.05) is 23.9 Å². The number of fused-ring (bicyclic) bond motifs is 1. The molecule has 0 unspecified atom stereocenters. The van der Waals surface area contributed by atoms with E-state index in [4.69, 9.17) is 4.98 Å². The van der Waals surface area contributed by atoms with Crippen LogP contribution in [0.25, 0.3) is 0 Å². The van der Waals surface area contributed by atoms with E-state index in [0.717, 1.165) is 39.2 Å². The maximum Gasteiger partial charge on any atom is 0.182 e. The summed E-state index contributed by atoms with van der Waals surface area (Å²) in [5, 5.41) is 0. The molecule has 3 nitrogen and oxygen atoms in total. The van der Waals surface area contributed by atoms with Crippen LogP contribution in [-0.2, 0) is 11.8 Å². The number of hydrogen-bond acceptors (Lipinski definition) is 3. The minimum atomic E-state index is -0.243. The minimum absolute atomic E-state index is 0.0947. The van der Waals surface area contributed by atoms with E-state index in [1.807, 2.05) is 30.3 Å². The molecule has 0 spiro atoms. The molecule has 0 N–H and O–H groups in total. The summed E-state index contributed by atoms with van der Waals surface area (Å²) in [5.41, 5.74) is 4.59. The zero-order valence-electron chi connectivity index (χ0n) is 16.5. The first kappa shape index (κ1) is 19.8. The number of rotatable bonds is 5. The lowest BCUT2D eigenvalue weighted by Gasteiger charge is -2.21. The van der Waals surface area contributed by atoms with Crippen molar-refractivity contribution in [3.05, 3.63) is 93.5 Å². The van der Waals surface area contributed by atoms with Crippen molar-refractivity contribution in [3.63, 3.8) is 0 Å². The summed E-state index contributed by atoms with van der Waals surface area (Å²) >= 11 is 3.61. The highest BCUT2D eigenvalue weighted by atomic mass is 79.9. The third-order valence-corrected chi connectivity index (χ3v) is 6.02. The normalized spacial score (nSPS) is 14.7. The lowest BCUT2D eigenvalue weighted by molar-refractivity contribution is 0.0999. The zero-order chi connectivity index (χ0) is 20.6. The first-order valence-electron chi connectivity index (χ1n) is 9.61. The first-order chi connectivity index (χ1) is 13.8. The zero-order valence-corrected chi connectivity index (χ0v) is 18.0. The van der Waals surface area contributed by atoms with Crippen molar-refractivity contribution in [2.75, 3.05) is 18.0 Å². The van der Waals surface area contributed by atoms with Gasteiger partial charge in [-0.2, -0.15) is 0 Å². The summed E-state index contributed by atoms with van der Waals surface area (Å²) in [4.78, 5) is 19.8. The van der Waals surface area contributed by atoms with Gasteiger partial charge in [-0.25, -0.2) is 9.37 Å². The lowest BCUT2D eigenvalue weighted by atomic mass is 9.91. The highest BCUT2D eigenvalue weighted by Crippen LogP contribution is 2.41. The Morgan fingerprint density at radius 2 is 1.83 bits per heavy atom. The summed E-state index contributed by atoms with van der Waals surface area (Å²) in [6.07, 6.45) is 0.641. The highest BCUT2D eigenvalue weighted by Gasteiger charge is 2.38. The van der Waals surface area contributed by atoms with Gasteiger partial charge >= 0.3 is 0 Å². The summed E-state index contributed by atoms with van der Waals surface area (Å²) in [5.74, 6) is -0.149. The molecular weight excluding hydrogens is 431 g/mol. The fourth-order valence-corrected chi connectivity index (χ4v) is 4.30. The molecule has 5 heteroatoms. The average molecular weight is 453 g/mol. The fourth-order valence-electron chi connectivity index (χ4n) is 3.87. The van der Waals surface area contributed by atoms with Crippen LogP contribution in [0, 0.1) is 5.82 Å². The van der Waals surface area contributed by atoms with Gasteiger partial charge in [-0.05, 0) is 45.3 Å². The molecule has 0 bridgehead atoms. The molecule has 0 fully saturated rings. The van der Waals surface area contributed by atoms with Crippen molar-refractivity contribution < 1.29 is 9.18 Å². The van der Waals surface area contributed by atoms with Crippen molar-refractivity contribution in [2.45, 2.75) is 25.7 Å². The maximum atomic E-state index is 13.2. The van der Waals surface area contributed by atoms with E-state index in [2.05, 4.69) is 40.7 Å². The molecule has 2 aromatic carbocycles. The predicted octanol–water partition coefficient (Wildman–Crippen LogP) is 5.55.